The van der Waals surface area contributed by atoms with Crippen molar-refractivity contribution >= 4 is 11.9 Å². The zero-order valence-electron chi connectivity index (χ0n) is 14.3. The van der Waals surface area contributed by atoms with Crippen molar-refractivity contribution in [3.8, 4) is 0 Å². The minimum absolute atomic E-state index is 0.213. The maximum Gasteiger partial charge on any atom is 0.416 e. The van der Waals surface area contributed by atoms with E-state index in [1.807, 2.05) is 33.8 Å². The first kappa shape index (κ1) is 21.0. The van der Waals surface area contributed by atoms with Crippen molar-refractivity contribution in [2.24, 2.45) is 5.92 Å². The third-order valence-corrected chi connectivity index (χ3v) is 2.82. The monoisotopic (exact) mass is 326 g/mol. The van der Waals surface area contributed by atoms with Crippen LogP contribution < -0.4 is 5.32 Å². The van der Waals surface area contributed by atoms with Crippen molar-refractivity contribution in [2.75, 3.05) is 5.32 Å². The van der Waals surface area contributed by atoms with Gasteiger partial charge in [-0.05, 0) is 38.1 Å². The summed E-state index contributed by atoms with van der Waals surface area (Å²) in [5, 5.41) is 10.3. The lowest BCUT2D eigenvalue weighted by Gasteiger charge is -2.16. The second-order valence-corrected chi connectivity index (χ2v) is 5.02. The minimum atomic E-state index is -4.37. The van der Waals surface area contributed by atoms with E-state index in [2.05, 4.69) is 5.32 Å². The number of alkyl halides is 3. The van der Waals surface area contributed by atoms with Gasteiger partial charge in [-0.2, -0.15) is 13.2 Å². The highest BCUT2D eigenvalue weighted by molar-refractivity contribution is 5.65. The van der Waals surface area contributed by atoms with Gasteiger partial charge in [0.2, 0.25) is 0 Å². The Kier molecular flexibility index (Phi) is 9.00. The molecule has 0 aliphatic rings. The Balaban J connectivity index is 0.00000232. The molecule has 0 bridgehead atoms. The van der Waals surface area contributed by atoms with Crippen LogP contribution in [0.5, 0.6) is 0 Å². The number of benzene rings is 1. The lowest BCUT2D eigenvalue weighted by molar-refractivity contribution is -0.137. The molecule has 2 nitrogen and oxygen atoms in total. The van der Waals surface area contributed by atoms with Gasteiger partial charge < -0.3 is 10.7 Å². The summed E-state index contributed by atoms with van der Waals surface area (Å²) in [6, 6.07) is 5.03. The fourth-order valence-electron chi connectivity index (χ4n) is 1.59. The van der Waals surface area contributed by atoms with E-state index in [1.54, 1.807) is 19.1 Å². The van der Waals surface area contributed by atoms with Crippen LogP contribution in [-0.4, -0.2) is 6.21 Å². The molecule has 1 atom stereocenters. The Bertz CT molecular complexity index is 554. The average molecular weight is 326 g/mol. The Morgan fingerprint density at radius 3 is 2.26 bits per heavy atom. The molecule has 1 unspecified atom stereocenters. The van der Waals surface area contributed by atoms with E-state index >= 15 is 0 Å². The summed E-state index contributed by atoms with van der Waals surface area (Å²) in [4.78, 5) is 0. The van der Waals surface area contributed by atoms with Crippen LogP contribution in [0.3, 0.4) is 0 Å². The van der Waals surface area contributed by atoms with Gasteiger partial charge >= 0.3 is 6.18 Å². The molecule has 0 spiro atoms. The Hall–Kier alpha value is -2.04. The van der Waals surface area contributed by atoms with Crippen molar-refractivity contribution in [2.45, 2.75) is 40.8 Å². The molecular weight excluding hydrogens is 301 g/mol. The van der Waals surface area contributed by atoms with Crippen molar-refractivity contribution in [3.63, 3.8) is 0 Å². The third-order valence-electron chi connectivity index (χ3n) is 2.82. The molecule has 0 saturated carbocycles. The van der Waals surface area contributed by atoms with Crippen LogP contribution in [0.2, 0.25) is 0 Å². The highest BCUT2D eigenvalue weighted by atomic mass is 19.4. The number of halogens is 3. The molecule has 0 fully saturated rings. The smallest absolute Gasteiger partial charge is 0.358 e. The molecule has 0 aliphatic heterocycles. The van der Waals surface area contributed by atoms with E-state index < -0.39 is 11.7 Å². The largest absolute Gasteiger partial charge is 0.416 e. The normalized spacial score (nSPS) is 12.6. The molecule has 0 radical (unpaired) electrons. The van der Waals surface area contributed by atoms with Gasteiger partial charge in [0.15, 0.2) is 0 Å². The summed E-state index contributed by atoms with van der Waals surface area (Å²) in [5.41, 5.74) is 1.39. The predicted molar refractivity (Wildman–Crippen MR) is 91.9 cm³/mol. The second kappa shape index (κ2) is 9.87. The topological polar surface area (TPSA) is 35.9 Å². The van der Waals surface area contributed by atoms with E-state index in [4.69, 9.17) is 5.41 Å². The van der Waals surface area contributed by atoms with Crippen LogP contribution in [0.4, 0.5) is 18.9 Å². The third kappa shape index (κ3) is 7.68. The first-order valence-corrected chi connectivity index (χ1v) is 7.54. The number of rotatable bonds is 5. The van der Waals surface area contributed by atoms with Gasteiger partial charge in [0.05, 0.1) is 5.56 Å². The maximum absolute atomic E-state index is 12.7. The Morgan fingerprint density at radius 1 is 1.17 bits per heavy atom. The van der Waals surface area contributed by atoms with E-state index in [9.17, 15) is 13.2 Å². The lowest BCUT2D eigenvalue weighted by atomic mass is 10.1. The van der Waals surface area contributed by atoms with Crippen LogP contribution in [0, 0.1) is 11.3 Å². The summed E-state index contributed by atoms with van der Waals surface area (Å²) in [6.07, 6.45) is 0.515. The lowest BCUT2D eigenvalue weighted by Crippen LogP contribution is -2.11. The fraction of sp³-hybridized carbons (Fsp3) is 0.389. The average Bonchev–Trinajstić information content (AvgIpc) is 2.52. The summed E-state index contributed by atoms with van der Waals surface area (Å²) >= 11 is 0. The maximum atomic E-state index is 12.7. The number of anilines is 1. The second-order valence-electron chi connectivity index (χ2n) is 5.02. The quantitative estimate of drug-likeness (QED) is 0.485. The first-order valence-electron chi connectivity index (χ1n) is 7.54. The summed E-state index contributed by atoms with van der Waals surface area (Å²) in [6.45, 7) is 9.65. The highest BCUT2D eigenvalue weighted by Crippen LogP contribution is 2.31. The van der Waals surface area contributed by atoms with E-state index in [-0.39, 0.29) is 5.92 Å². The van der Waals surface area contributed by atoms with Crippen LogP contribution in [-0.2, 0) is 6.18 Å². The van der Waals surface area contributed by atoms with Crippen molar-refractivity contribution in [1.29, 1.82) is 5.41 Å². The standard InChI is InChI=1S/C16H19F3N2.C2H6/c1-11(2)7-8-15(12(3)10-20)21-14-6-4-5-13(9-14)16(17,18)19;1-2/h4-10,12,20-21H,1-3H3;1-2H3/b15-8+,20-10?;. The fourth-order valence-corrected chi connectivity index (χ4v) is 1.59. The molecule has 128 valence electrons. The van der Waals surface area contributed by atoms with Gasteiger partial charge in [-0.15, -0.1) is 0 Å². The van der Waals surface area contributed by atoms with Crippen LogP contribution in [0.1, 0.15) is 40.2 Å². The van der Waals surface area contributed by atoms with E-state index in [0.717, 1.165) is 17.7 Å². The number of nitrogens with one attached hydrogen (secondary N) is 2. The molecule has 1 aromatic carbocycles. The van der Waals surface area contributed by atoms with Crippen molar-refractivity contribution < 1.29 is 13.2 Å². The predicted octanol–water partition coefficient (Wildman–Crippen LogP) is 6.28. The molecule has 0 saturated heterocycles. The number of hydrogen-bond donors (Lipinski definition) is 2. The molecule has 2 N–H and O–H groups in total. The van der Waals surface area contributed by atoms with Gasteiger partial charge in [-0.3, -0.25) is 0 Å². The van der Waals surface area contributed by atoms with Crippen molar-refractivity contribution in [3.05, 3.63) is 53.3 Å². The van der Waals surface area contributed by atoms with Crippen LogP contribution in [0.25, 0.3) is 0 Å². The van der Waals surface area contributed by atoms with E-state index in [0.29, 0.717) is 11.4 Å². The van der Waals surface area contributed by atoms with Crippen LogP contribution >= 0.6 is 0 Å². The van der Waals surface area contributed by atoms with Gasteiger partial charge in [0, 0.05) is 23.5 Å². The highest BCUT2D eigenvalue weighted by Gasteiger charge is 2.30. The summed E-state index contributed by atoms with van der Waals surface area (Å²) in [7, 11) is 0. The molecule has 5 heteroatoms. The summed E-state index contributed by atoms with van der Waals surface area (Å²) in [5.74, 6) is -0.213. The van der Waals surface area contributed by atoms with Gasteiger partial charge in [0.1, 0.15) is 0 Å². The minimum Gasteiger partial charge on any atom is -0.358 e. The first-order chi connectivity index (χ1) is 10.7. The molecule has 0 aliphatic carbocycles. The zero-order valence-corrected chi connectivity index (χ0v) is 14.3. The molecular formula is C18H25F3N2. The van der Waals surface area contributed by atoms with Crippen LogP contribution in [0.15, 0.2) is 47.7 Å². The molecule has 1 rings (SSSR count). The summed E-state index contributed by atoms with van der Waals surface area (Å²) < 4.78 is 38.1. The van der Waals surface area contributed by atoms with Gasteiger partial charge in [-0.1, -0.05) is 38.5 Å². The SMILES string of the molecule is CC.CC(C)=C/C=C(/Nc1cccc(C(F)(F)F)c1)C(C)C=N. The molecule has 0 amide bonds. The Morgan fingerprint density at radius 2 is 1.78 bits per heavy atom. The van der Waals surface area contributed by atoms with Gasteiger partial charge in [-0.25, -0.2) is 0 Å². The number of allylic oxidation sites excluding steroid dienone is 4. The van der Waals surface area contributed by atoms with Gasteiger partial charge in [0.25, 0.3) is 0 Å². The van der Waals surface area contributed by atoms with E-state index in [1.165, 1.54) is 12.3 Å². The molecule has 23 heavy (non-hydrogen) atoms. The number of hydrogen-bond acceptors (Lipinski definition) is 2. The zero-order chi connectivity index (χ0) is 18.0. The Labute approximate surface area is 136 Å². The molecule has 0 aromatic heterocycles. The molecule has 0 heterocycles. The van der Waals surface area contributed by atoms with Crippen molar-refractivity contribution in [1.82, 2.24) is 0 Å². The molecule has 1 aromatic rings.